The second-order valence-corrected chi connectivity index (χ2v) is 9.66. The number of benzene rings is 2. The van der Waals surface area contributed by atoms with Crippen molar-refractivity contribution in [3.63, 3.8) is 0 Å². The topological polar surface area (TPSA) is 154 Å². The van der Waals surface area contributed by atoms with Gasteiger partial charge in [0.05, 0.1) is 5.56 Å². The molecule has 1 aliphatic heterocycles. The third-order valence-electron chi connectivity index (χ3n) is 6.72. The first-order valence-corrected chi connectivity index (χ1v) is 12.6. The number of nitrogens with zero attached hydrogens (tertiary/aromatic N) is 2. The number of carboxylic acid groups (broad SMARTS) is 2. The van der Waals surface area contributed by atoms with E-state index in [1.165, 1.54) is 61.3 Å². The average molecular weight is 549 g/mol. The summed E-state index contributed by atoms with van der Waals surface area (Å²) in [6.07, 6.45) is 3.58. The first kappa shape index (κ1) is 30.1. The van der Waals surface area contributed by atoms with Crippen molar-refractivity contribution < 1.29 is 39.2 Å². The van der Waals surface area contributed by atoms with Crippen molar-refractivity contribution in [3.8, 4) is 0 Å². The number of aliphatic hydroxyl groups is 1. The molecule has 10 heteroatoms. The maximum absolute atomic E-state index is 12.9. The Labute approximate surface area is 231 Å². The van der Waals surface area contributed by atoms with Gasteiger partial charge in [0, 0.05) is 24.0 Å². The van der Waals surface area contributed by atoms with Crippen LogP contribution in [0.1, 0.15) is 56.3 Å². The first-order valence-electron chi connectivity index (χ1n) is 12.6. The lowest BCUT2D eigenvalue weighted by Crippen LogP contribution is -2.61. The van der Waals surface area contributed by atoms with Crippen molar-refractivity contribution in [3.05, 3.63) is 101 Å². The molecule has 0 amide bonds. The molecule has 3 aromatic rings. The molecule has 4 rings (SSSR count). The van der Waals surface area contributed by atoms with Crippen LogP contribution in [0, 0.1) is 13.8 Å². The van der Waals surface area contributed by atoms with E-state index in [1.54, 1.807) is 26.0 Å². The fourth-order valence-electron chi connectivity index (χ4n) is 4.38. The number of pyridine rings is 1. The van der Waals surface area contributed by atoms with E-state index in [4.69, 9.17) is 9.84 Å². The molecular formula is C30H32N2O8. The molecule has 2 aromatic carbocycles. The van der Waals surface area contributed by atoms with E-state index in [9.17, 15) is 29.4 Å². The normalized spacial score (nSPS) is 17.1. The number of ether oxygens (including phenoxy) is 1. The molecule has 0 bridgehead atoms. The summed E-state index contributed by atoms with van der Waals surface area (Å²) in [6.45, 7) is 4.70. The molecule has 1 aliphatic rings. The minimum Gasteiger partial charge on any atom is -0.479 e. The Kier molecular flexibility index (Phi) is 9.87. The number of esters is 1. The molecule has 0 aliphatic carbocycles. The fraction of sp³-hybridized carbons (Fsp3) is 0.300. The lowest BCUT2D eigenvalue weighted by Gasteiger charge is -2.30. The molecule has 1 saturated heterocycles. The summed E-state index contributed by atoms with van der Waals surface area (Å²) >= 11 is 0. The molecule has 3 atom stereocenters. The molecule has 2 unspecified atom stereocenters. The summed E-state index contributed by atoms with van der Waals surface area (Å²) in [5.41, 5.74) is -0.772. The number of Topliss-reactive ketones (excluding diaryl/α,β-unsaturated/α-hetero) is 1. The van der Waals surface area contributed by atoms with Gasteiger partial charge in [0.15, 0.2) is 0 Å². The number of hydrogen-bond acceptors (Lipinski definition) is 8. The molecule has 0 radical (unpaired) electrons. The van der Waals surface area contributed by atoms with E-state index in [0.29, 0.717) is 6.04 Å². The molecule has 1 aromatic heterocycles. The van der Waals surface area contributed by atoms with Crippen LogP contribution in [0.25, 0.3) is 0 Å². The van der Waals surface area contributed by atoms with Crippen molar-refractivity contribution in [2.75, 3.05) is 13.6 Å². The van der Waals surface area contributed by atoms with Crippen LogP contribution in [0.3, 0.4) is 0 Å². The number of ketones is 1. The van der Waals surface area contributed by atoms with Gasteiger partial charge in [0.25, 0.3) is 0 Å². The Balaban J connectivity index is 0.000000302. The Hall–Kier alpha value is -4.41. The molecular weight excluding hydrogens is 516 g/mol. The first-order chi connectivity index (χ1) is 19.0. The molecule has 3 N–H and O–H groups in total. The minimum absolute atomic E-state index is 0.106. The quantitative estimate of drug-likeness (QED) is 0.217. The van der Waals surface area contributed by atoms with E-state index in [0.717, 1.165) is 11.1 Å². The predicted octanol–water partition coefficient (Wildman–Crippen LogP) is 3.46. The van der Waals surface area contributed by atoms with Crippen LogP contribution in [0.15, 0.2) is 73.1 Å². The van der Waals surface area contributed by atoms with E-state index < -0.39 is 35.4 Å². The summed E-state index contributed by atoms with van der Waals surface area (Å²) in [5.74, 6) is -6.76. The molecule has 0 saturated carbocycles. The van der Waals surface area contributed by atoms with Gasteiger partial charge in [-0.05, 0) is 64.0 Å². The highest BCUT2D eigenvalue weighted by Gasteiger charge is 2.59. The number of carboxylic acids is 2. The second kappa shape index (κ2) is 13.1. The number of aryl methyl sites for hydroxylation is 2. The Morgan fingerprint density at radius 2 is 1.52 bits per heavy atom. The molecule has 210 valence electrons. The van der Waals surface area contributed by atoms with Crippen molar-refractivity contribution in [1.82, 2.24) is 9.88 Å². The monoisotopic (exact) mass is 548 g/mol. The largest absolute Gasteiger partial charge is 0.479 e. The number of aromatic nitrogens is 1. The number of carbonyl (C=O) groups is 4. The van der Waals surface area contributed by atoms with Gasteiger partial charge in [-0.15, -0.1) is 0 Å². The maximum atomic E-state index is 12.9. The van der Waals surface area contributed by atoms with Crippen molar-refractivity contribution in [2.24, 2.45) is 0 Å². The van der Waals surface area contributed by atoms with Crippen LogP contribution in [0.2, 0.25) is 0 Å². The minimum atomic E-state index is -3.36. The van der Waals surface area contributed by atoms with Gasteiger partial charge in [0.2, 0.25) is 11.9 Å². The number of aliphatic hydroxyl groups excluding tert-OH is 1. The van der Waals surface area contributed by atoms with E-state index >= 15 is 0 Å². The van der Waals surface area contributed by atoms with Crippen molar-refractivity contribution >= 4 is 23.7 Å². The molecule has 40 heavy (non-hydrogen) atoms. The highest BCUT2D eigenvalue weighted by Crippen LogP contribution is 2.29. The lowest BCUT2D eigenvalue weighted by molar-refractivity contribution is -0.176. The van der Waals surface area contributed by atoms with Gasteiger partial charge in [-0.25, -0.2) is 14.4 Å². The van der Waals surface area contributed by atoms with Gasteiger partial charge < -0.3 is 20.1 Å². The number of likely N-dealkylation sites (tertiary alicyclic amines) is 1. The van der Waals surface area contributed by atoms with Crippen LogP contribution in [-0.4, -0.2) is 74.2 Å². The Morgan fingerprint density at radius 3 is 1.98 bits per heavy atom. The van der Waals surface area contributed by atoms with E-state index in [1.807, 2.05) is 18.5 Å². The molecule has 0 spiro atoms. The van der Waals surface area contributed by atoms with Crippen molar-refractivity contribution in [2.45, 2.75) is 44.4 Å². The van der Waals surface area contributed by atoms with Gasteiger partial charge in [0.1, 0.15) is 0 Å². The summed E-state index contributed by atoms with van der Waals surface area (Å²) < 4.78 is 4.88. The van der Waals surface area contributed by atoms with Gasteiger partial charge in [-0.1, -0.05) is 53.6 Å². The average Bonchev–Trinajstić information content (AvgIpc) is 3.38. The zero-order valence-electron chi connectivity index (χ0n) is 22.5. The number of aliphatic carboxylic acids is 2. The Morgan fingerprint density at radius 1 is 0.950 bits per heavy atom. The maximum Gasteiger partial charge on any atom is 0.360 e. The smallest absolute Gasteiger partial charge is 0.360 e. The molecule has 1 fully saturated rings. The second-order valence-electron chi connectivity index (χ2n) is 9.66. The summed E-state index contributed by atoms with van der Waals surface area (Å²) in [6, 6.07) is 16.0. The zero-order valence-corrected chi connectivity index (χ0v) is 22.5. The fourth-order valence-corrected chi connectivity index (χ4v) is 4.38. The van der Waals surface area contributed by atoms with Gasteiger partial charge in [-0.3, -0.25) is 14.7 Å². The summed E-state index contributed by atoms with van der Waals surface area (Å²) in [4.78, 5) is 55.2. The van der Waals surface area contributed by atoms with Crippen LogP contribution >= 0.6 is 0 Å². The van der Waals surface area contributed by atoms with Gasteiger partial charge in [-0.2, -0.15) is 0 Å². The third-order valence-corrected chi connectivity index (χ3v) is 6.72. The SMILES string of the molecule is CN1CCCC1c1cccnc1.Cc1ccc(C(=O)O[C@](C(=O)O)(C(=O)c2ccc(C)cc2)C(O)C(=O)O)cc1. The highest BCUT2D eigenvalue weighted by molar-refractivity contribution is 6.19. The number of hydrogen-bond donors (Lipinski definition) is 3. The Bertz CT molecular complexity index is 1340. The third kappa shape index (κ3) is 6.77. The zero-order chi connectivity index (χ0) is 29.4. The van der Waals surface area contributed by atoms with Crippen LogP contribution < -0.4 is 0 Å². The summed E-state index contributed by atoms with van der Waals surface area (Å²) in [7, 11) is 2.19. The van der Waals surface area contributed by atoms with Crippen LogP contribution in [0.4, 0.5) is 0 Å². The van der Waals surface area contributed by atoms with Crippen LogP contribution in [0.5, 0.6) is 0 Å². The van der Waals surface area contributed by atoms with E-state index in [2.05, 4.69) is 23.0 Å². The number of rotatable bonds is 8. The molecule has 10 nitrogen and oxygen atoms in total. The summed E-state index contributed by atoms with van der Waals surface area (Å²) in [5, 5.41) is 28.9. The van der Waals surface area contributed by atoms with E-state index in [-0.39, 0.29) is 11.1 Å². The lowest BCUT2D eigenvalue weighted by atomic mass is 9.86. The highest BCUT2D eigenvalue weighted by atomic mass is 16.6. The predicted molar refractivity (Wildman–Crippen MR) is 145 cm³/mol. The van der Waals surface area contributed by atoms with Crippen molar-refractivity contribution in [1.29, 1.82) is 0 Å². The van der Waals surface area contributed by atoms with Gasteiger partial charge >= 0.3 is 23.5 Å². The molecule has 2 heterocycles. The van der Waals surface area contributed by atoms with Crippen LogP contribution in [-0.2, 0) is 14.3 Å². The number of carbonyl (C=O) groups excluding carboxylic acids is 2. The standard InChI is InChI=1S/C20H18O8.C10H14N2/c1-11-3-7-13(8-4-11)15(21)20(19(26)27,16(22)17(23)24)28-18(25)14-9-5-12(2)6-10-14;1-12-7-3-5-10(12)9-4-2-6-11-8-9/h3-10,16,22H,1-2H3,(H,23,24)(H,26,27);2,4,6,8,10H,3,5,7H2,1H3/t16?,20-;/m1./s1.